The van der Waals surface area contributed by atoms with Gasteiger partial charge in [-0.15, -0.1) is 0 Å². The van der Waals surface area contributed by atoms with E-state index in [0.717, 1.165) is 44.5 Å². The molecule has 0 radical (unpaired) electrons. The van der Waals surface area contributed by atoms with Crippen molar-refractivity contribution in [2.24, 2.45) is 0 Å². The molecule has 0 spiro atoms. The fourth-order valence-electron chi connectivity index (χ4n) is 2.70. The molecule has 2 aliphatic rings. The first kappa shape index (κ1) is 13.6. The number of aliphatic hydroxyl groups excluding tert-OH is 1. The van der Waals surface area contributed by atoms with Gasteiger partial charge in [-0.1, -0.05) is 6.07 Å². The Kier molecular flexibility index (Phi) is 3.55. The summed E-state index contributed by atoms with van der Waals surface area (Å²) in [4.78, 5) is 2.24. The Balaban J connectivity index is 1.59. The van der Waals surface area contributed by atoms with Crippen molar-refractivity contribution >= 4 is 0 Å². The summed E-state index contributed by atoms with van der Waals surface area (Å²) in [6.07, 6.45) is -0.0504. The third-order valence-corrected chi connectivity index (χ3v) is 3.69. The number of aliphatic hydroxyl groups is 3. The lowest BCUT2D eigenvalue weighted by Gasteiger charge is -2.29. The number of nitrogens with zero attached hydrogens (tertiary/aromatic N) is 1. The van der Waals surface area contributed by atoms with Crippen molar-refractivity contribution in [2.45, 2.75) is 31.5 Å². The smallest absolute Gasteiger partial charge is 0.403 e. The molecule has 0 saturated carbocycles. The van der Waals surface area contributed by atoms with Gasteiger partial charge in [-0.3, -0.25) is 10.2 Å². The summed E-state index contributed by atoms with van der Waals surface area (Å²) in [7, 11) is 0. The lowest BCUT2D eigenvalue weighted by molar-refractivity contribution is -0.385. The zero-order chi connectivity index (χ0) is 14.2. The van der Waals surface area contributed by atoms with Crippen molar-refractivity contribution in [1.29, 1.82) is 0 Å². The van der Waals surface area contributed by atoms with Crippen LogP contribution in [0.4, 0.5) is 0 Å². The van der Waals surface area contributed by atoms with Gasteiger partial charge in [-0.25, -0.2) is 0 Å². The van der Waals surface area contributed by atoms with Gasteiger partial charge in [0.05, 0.1) is 6.10 Å². The normalized spacial score (nSPS) is 24.9. The molecule has 2 aliphatic heterocycles. The third kappa shape index (κ3) is 3.04. The van der Waals surface area contributed by atoms with Crippen LogP contribution < -0.4 is 9.47 Å². The van der Waals surface area contributed by atoms with Crippen LogP contribution in [0.25, 0.3) is 0 Å². The number of benzene rings is 1. The van der Waals surface area contributed by atoms with Crippen LogP contribution in [-0.4, -0.2) is 52.1 Å². The summed E-state index contributed by atoms with van der Waals surface area (Å²) < 4.78 is 9.68. The van der Waals surface area contributed by atoms with Gasteiger partial charge < -0.3 is 19.5 Å². The largest absolute Gasteiger partial charge is 0.505 e. The molecule has 1 saturated heterocycles. The molecule has 3 rings (SSSR count). The summed E-state index contributed by atoms with van der Waals surface area (Å²) in [6, 6.07) is 5.30. The molecular formula is C14H19NO5. The van der Waals surface area contributed by atoms with E-state index >= 15 is 0 Å². The van der Waals surface area contributed by atoms with Crippen LogP contribution in [0.15, 0.2) is 18.2 Å². The highest BCUT2D eigenvalue weighted by molar-refractivity contribution is 5.45. The van der Waals surface area contributed by atoms with Crippen molar-refractivity contribution in [3.05, 3.63) is 23.8 Å². The molecule has 0 aliphatic carbocycles. The Morgan fingerprint density at radius 1 is 1.25 bits per heavy atom. The zero-order valence-electron chi connectivity index (χ0n) is 11.2. The molecule has 20 heavy (non-hydrogen) atoms. The van der Waals surface area contributed by atoms with Gasteiger partial charge in [-0.05, 0) is 43.5 Å². The summed E-state index contributed by atoms with van der Waals surface area (Å²) in [5.74, 6) is 0.665. The van der Waals surface area contributed by atoms with E-state index in [1.807, 2.05) is 6.07 Å². The molecule has 6 heteroatoms. The molecule has 1 aromatic carbocycles. The first-order chi connectivity index (χ1) is 9.52. The predicted octanol–water partition coefficient (Wildman–Crippen LogP) is 0.0529. The quantitative estimate of drug-likeness (QED) is 0.679. The Morgan fingerprint density at radius 3 is 2.85 bits per heavy atom. The van der Waals surface area contributed by atoms with Crippen molar-refractivity contribution in [3.63, 3.8) is 0 Å². The predicted molar refractivity (Wildman–Crippen MR) is 70.3 cm³/mol. The maximum atomic E-state index is 9.63. The molecule has 2 heterocycles. The minimum atomic E-state index is -2.56. The number of rotatable bonds is 3. The molecule has 0 aromatic heterocycles. The molecule has 0 bridgehead atoms. The SMILES string of the molecule is OC1CCCN(CCc2ccc3c(c2)OC(O)(O)O3)C1. The number of likely N-dealkylation sites (tertiary alicyclic amines) is 1. The average Bonchev–Trinajstić information content (AvgIpc) is 2.69. The van der Waals surface area contributed by atoms with E-state index in [1.165, 1.54) is 0 Å². The molecule has 6 nitrogen and oxygen atoms in total. The zero-order valence-corrected chi connectivity index (χ0v) is 11.2. The highest BCUT2D eigenvalue weighted by Crippen LogP contribution is 2.37. The number of hydrogen-bond donors (Lipinski definition) is 3. The van der Waals surface area contributed by atoms with Crippen LogP contribution in [0.2, 0.25) is 0 Å². The number of piperidine rings is 1. The van der Waals surface area contributed by atoms with Crippen LogP contribution in [0, 0.1) is 0 Å². The maximum Gasteiger partial charge on any atom is 0.505 e. The highest BCUT2D eigenvalue weighted by atomic mass is 17.0. The minimum absolute atomic E-state index is 0.218. The Bertz CT molecular complexity index is 490. The highest BCUT2D eigenvalue weighted by Gasteiger charge is 2.38. The minimum Gasteiger partial charge on any atom is -0.403 e. The summed E-state index contributed by atoms with van der Waals surface area (Å²) >= 11 is 0. The van der Waals surface area contributed by atoms with Crippen molar-refractivity contribution in [2.75, 3.05) is 19.6 Å². The summed E-state index contributed by atoms with van der Waals surface area (Å²) in [5, 5.41) is 28.1. The molecule has 1 unspecified atom stereocenters. The maximum absolute atomic E-state index is 9.63. The Morgan fingerprint density at radius 2 is 2.05 bits per heavy atom. The summed E-state index contributed by atoms with van der Waals surface area (Å²) in [5.41, 5.74) is 1.03. The fourth-order valence-corrected chi connectivity index (χ4v) is 2.70. The molecule has 3 N–H and O–H groups in total. The molecule has 1 atom stereocenters. The summed E-state index contributed by atoms with van der Waals surface area (Å²) in [6.45, 7) is 2.60. The van der Waals surface area contributed by atoms with E-state index in [0.29, 0.717) is 11.5 Å². The molecular weight excluding hydrogens is 262 g/mol. The molecule has 0 amide bonds. The average molecular weight is 281 g/mol. The topological polar surface area (TPSA) is 82.4 Å². The second-order valence-electron chi connectivity index (χ2n) is 5.38. The first-order valence-corrected chi connectivity index (χ1v) is 6.88. The molecule has 110 valence electrons. The number of β-amino-alcohol motifs (C(OH)–C–C–N with tert-alkyl or cyclic N) is 1. The van der Waals surface area contributed by atoms with Gasteiger partial charge in [0.25, 0.3) is 0 Å². The van der Waals surface area contributed by atoms with Gasteiger partial charge >= 0.3 is 6.16 Å². The van der Waals surface area contributed by atoms with E-state index in [9.17, 15) is 15.3 Å². The van der Waals surface area contributed by atoms with Gasteiger partial charge in [0.15, 0.2) is 11.5 Å². The van der Waals surface area contributed by atoms with Crippen LogP contribution in [0.3, 0.4) is 0 Å². The standard InChI is InChI=1S/C14H19NO5/c16-11-2-1-6-15(9-11)7-5-10-3-4-12-13(8-10)20-14(17,18)19-12/h3-4,8,11,16-18H,1-2,5-7,9H2. The first-order valence-electron chi connectivity index (χ1n) is 6.88. The number of hydrogen-bond acceptors (Lipinski definition) is 6. The Hall–Kier alpha value is -1.34. The van der Waals surface area contributed by atoms with E-state index in [2.05, 4.69) is 4.90 Å². The van der Waals surface area contributed by atoms with Gasteiger partial charge in [0, 0.05) is 13.1 Å². The molecule has 1 fully saturated rings. The van der Waals surface area contributed by atoms with Crippen molar-refractivity contribution in [1.82, 2.24) is 4.90 Å². The van der Waals surface area contributed by atoms with Crippen LogP contribution in [0.1, 0.15) is 18.4 Å². The van der Waals surface area contributed by atoms with Crippen molar-refractivity contribution < 1.29 is 24.8 Å². The van der Waals surface area contributed by atoms with E-state index in [4.69, 9.17) is 9.47 Å². The van der Waals surface area contributed by atoms with Gasteiger partial charge in [-0.2, -0.15) is 0 Å². The lowest BCUT2D eigenvalue weighted by atomic mass is 10.1. The Labute approximate surface area is 117 Å². The second kappa shape index (κ2) is 5.21. The van der Waals surface area contributed by atoms with Gasteiger partial charge in [0.1, 0.15) is 0 Å². The monoisotopic (exact) mass is 281 g/mol. The molecule has 1 aromatic rings. The third-order valence-electron chi connectivity index (χ3n) is 3.69. The fraction of sp³-hybridized carbons (Fsp3) is 0.571. The van der Waals surface area contributed by atoms with Gasteiger partial charge in [0.2, 0.25) is 0 Å². The van der Waals surface area contributed by atoms with Crippen LogP contribution >= 0.6 is 0 Å². The van der Waals surface area contributed by atoms with Crippen molar-refractivity contribution in [3.8, 4) is 11.5 Å². The van der Waals surface area contributed by atoms with E-state index < -0.39 is 6.16 Å². The van der Waals surface area contributed by atoms with E-state index in [1.54, 1.807) is 12.1 Å². The number of fused-ring (bicyclic) bond motifs is 1. The lowest BCUT2D eigenvalue weighted by Crippen LogP contribution is -2.39. The van der Waals surface area contributed by atoms with Crippen LogP contribution in [0.5, 0.6) is 11.5 Å². The van der Waals surface area contributed by atoms with E-state index in [-0.39, 0.29) is 6.10 Å². The second-order valence-corrected chi connectivity index (χ2v) is 5.38. The van der Waals surface area contributed by atoms with Crippen LogP contribution in [-0.2, 0) is 6.42 Å². The number of ether oxygens (including phenoxy) is 2.